The summed E-state index contributed by atoms with van der Waals surface area (Å²) < 4.78 is 5.40. The first-order chi connectivity index (χ1) is 8.44. The molecule has 0 atom stereocenters. The van der Waals surface area contributed by atoms with Gasteiger partial charge >= 0.3 is 0 Å². The van der Waals surface area contributed by atoms with Gasteiger partial charge in [0.2, 0.25) is 0 Å². The van der Waals surface area contributed by atoms with E-state index in [-0.39, 0.29) is 12.5 Å². The first-order valence-electron chi connectivity index (χ1n) is 5.77. The van der Waals surface area contributed by atoms with Crippen molar-refractivity contribution in [2.45, 2.75) is 19.4 Å². The Morgan fingerprint density at radius 1 is 1.50 bits per heavy atom. The Hall–Kier alpha value is -1.81. The van der Waals surface area contributed by atoms with Gasteiger partial charge in [-0.2, -0.15) is 0 Å². The summed E-state index contributed by atoms with van der Waals surface area (Å²) in [5.74, 6) is 0.238. The number of hydrogen-bond donors (Lipinski definition) is 2. The molecule has 0 aliphatic rings. The highest BCUT2D eigenvalue weighted by Gasteiger charge is 2.16. The largest absolute Gasteiger partial charge is 0.489 e. The number of carbonyl (C=O) groups excluding carboxylic acids is 1. The Labute approximate surface area is 107 Å². The molecule has 1 aromatic rings. The number of ether oxygens (including phenoxy) is 1. The second kappa shape index (κ2) is 6.21. The Morgan fingerprint density at radius 2 is 2.17 bits per heavy atom. The summed E-state index contributed by atoms with van der Waals surface area (Å²) in [5.41, 5.74) is -0.490. The summed E-state index contributed by atoms with van der Waals surface area (Å²) in [6, 6.07) is 6.96. The van der Waals surface area contributed by atoms with E-state index < -0.39 is 5.60 Å². The second-order valence-electron chi connectivity index (χ2n) is 4.59. The summed E-state index contributed by atoms with van der Waals surface area (Å²) in [7, 11) is 0. The maximum Gasteiger partial charge on any atom is 0.255 e. The zero-order chi connectivity index (χ0) is 13.6. The van der Waals surface area contributed by atoms with Crippen LogP contribution in [0.25, 0.3) is 0 Å². The summed E-state index contributed by atoms with van der Waals surface area (Å²) in [6.45, 7) is 7.35. The lowest BCUT2D eigenvalue weighted by molar-refractivity contribution is 0.0692. The fourth-order valence-corrected chi connectivity index (χ4v) is 1.32. The van der Waals surface area contributed by atoms with Crippen LogP contribution < -0.4 is 10.1 Å². The summed E-state index contributed by atoms with van der Waals surface area (Å²) in [6.07, 6.45) is 1.62. The quantitative estimate of drug-likeness (QED) is 0.755. The van der Waals surface area contributed by atoms with Crippen molar-refractivity contribution in [2.75, 3.05) is 13.2 Å². The molecule has 98 valence electrons. The SMILES string of the molecule is C=CCOc1ccccc1C(=O)NCC(C)(C)O. The van der Waals surface area contributed by atoms with E-state index in [0.717, 1.165) is 0 Å². The molecule has 1 aromatic carbocycles. The third-order valence-corrected chi connectivity index (χ3v) is 2.17. The maximum absolute atomic E-state index is 11.9. The van der Waals surface area contributed by atoms with Crippen molar-refractivity contribution in [3.63, 3.8) is 0 Å². The Kier molecular flexibility index (Phi) is 4.92. The van der Waals surface area contributed by atoms with Crippen molar-refractivity contribution >= 4 is 5.91 Å². The molecular weight excluding hydrogens is 230 g/mol. The molecule has 0 spiro atoms. The summed E-state index contributed by atoms with van der Waals surface area (Å²) in [5, 5.41) is 12.2. The molecule has 0 aromatic heterocycles. The van der Waals surface area contributed by atoms with Crippen molar-refractivity contribution in [3.05, 3.63) is 42.5 Å². The molecule has 0 radical (unpaired) electrons. The van der Waals surface area contributed by atoms with Gasteiger partial charge in [0.15, 0.2) is 0 Å². The van der Waals surface area contributed by atoms with Gasteiger partial charge in [0.05, 0.1) is 11.2 Å². The van der Waals surface area contributed by atoms with Gasteiger partial charge < -0.3 is 15.2 Å². The highest BCUT2D eigenvalue weighted by Crippen LogP contribution is 2.17. The number of amides is 1. The van der Waals surface area contributed by atoms with Crippen molar-refractivity contribution < 1.29 is 14.6 Å². The second-order valence-corrected chi connectivity index (χ2v) is 4.59. The summed E-state index contributed by atoms with van der Waals surface area (Å²) >= 11 is 0. The fourth-order valence-electron chi connectivity index (χ4n) is 1.32. The lowest BCUT2D eigenvalue weighted by Gasteiger charge is -2.18. The van der Waals surface area contributed by atoms with Crippen LogP contribution in [0.4, 0.5) is 0 Å². The van der Waals surface area contributed by atoms with E-state index in [2.05, 4.69) is 11.9 Å². The highest BCUT2D eigenvalue weighted by atomic mass is 16.5. The number of benzene rings is 1. The Balaban J connectivity index is 2.75. The molecule has 0 bridgehead atoms. The van der Waals surface area contributed by atoms with Crippen LogP contribution in [0.1, 0.15) is 24.2 Å². The topological polar surface area (TPSA) is 58.6 Å². The molecule has 1 amide bonds. The van der Waals surface area contributed by atoms with Crippen molar-refractivity contribution in [1.82, 2.24) is 5.32 Å². The molecule has 2 N–H and O–H groups in total. The van der Waals surface area contributed by atoms with Crippen molar-refractivity contribution in [2.24, 2.45) is 0 Å². The van der Waals surface area contributed by atoms with Gasteiger partial charge in [-0.15, -0.1) is 0 Å². The predicted molar refractivity (Wildman–Crippen MR) is 70.8 cm³/mol. The molecule has 18 heavy (non-hydrogen) atoms. The van der Waals surface area contributed by atoms with Gasteiger partial charge in [-0.25, -0.2) is 0 Å². The third kappa shape index (κ3) is 4.59. The number of rotatable bonds is 6. The average molecular weight is 249 g/mol. The highest BCUT2D eigenvalue weighted by molar-refractivity contribution is 5.96. The van der Waals surface area contributed by atoms with Crippen molar-refractivity contribution in [3.8, 4) is 5.75 Å². The van der Waals surface area contributed by atoms with Gasteiger partial charge in [0.25, 0.3) is 5.91 Å². The lowest BCUT2D eigenvalue weighted by Crippen LogP contribution is -2.38. The minimum absolute atomic E-state index is 0.182. The van der Waals surface area contributed by atoms with Crippen LogP contribution in [0, 0.1) is 0 Å². The first kappa shape index (κ1) is 14.3. The average Bonchev–Trinajstić information content (AvgIpc) is 2.33. The van der Waals surface area contributed by atoms with E-state index in [1.807, 2.05) is 0 Å². The summed E-state index contributed by atoms with van der Waals surface area (Å²) in [4.78, 5) is 11.9. The fraction of sp³-hybridized carbons (Fsp3) is 0.357. The minimum Gasteiger partial charge on any atom is -0.489 e. The van der Waals surface area contributed by atoms with Crippen LogP contribution in [-0.2, 0) is 0 Å². The molecule has 0 saturated carbocycles. The Bertz CT molecular complexity index is 421. The van der Waals surface area contributed by atoms with Crippen LogP contribution in [-0.4, -0.2) is 29.8 Å². The van der Waals surface area contributed by atoms with E-state index in [1.54, 1.807) is 44.2 Å². The van der Waals surface area contributed by atoms with E-state index in [9.17, 15) is 9.90 Å². The van der Waals surface area contributed by atoms with Gasteiger partial charge in [-0.05, 0) is 26.0 Å². The molecule has 0 aliphatic carbocycles. The molecule has 0 heterocycles. The van der Waals surface area contributed by atoms with Crippen LogP contribution in [0.15, 0.2) is 36.9 Å². The normalized spacial score (nSPS) is 10.8. The molecule has 0 saturated heterocycles. The number of hydrogen-bond acceptors (Lipinski definition) is 3. The standard InChI is InChI=1S/C14H19NO3/c1-4-9-18-12-8-6-5-7-11(12)13(16)15-10-14(2,3)17/h4-8,17H,1,9-10H2,2-3H3,(H,15,16). The van der Waals surface area contributed by atoms with Gasteiger partial charge in [-0.1, -0.05) is 24.8 Å². The third-order valence-electron chi connectivity index (χ3n) is 2.17. The van der Waals surface area contributed by atoms with E-state index in [1.165, 1.54) is 0 Å². The molecule has 1 rings (SSSR count). The molecule has 0 aliphatic heterocycles. The number of carbonyl (C=O) groups is 1. The first-order valence-corrected chi connectivity index (χ1v) is 5.77. The number of para-hydroxylation sites is 1. The van der Waals surface area contributed by atoms with E-state index >= 15 is 0 Å². The van der Waals surface area contributed by atoms with Gasteiger partial charge in [0.1, 0.15) is 12.4 Å². The maximum atomic E-state index is 11.9. The molecule has 0 fully saturated rings. The lowest BCUT2D eigenvalue weighted by atomic mass is 10.1. The van der Waals surface area contributed by atoms with Crippen LogP contribution in [0.5, 0.6) is 5.75 Å². The van der Waals surface area contributed by atoms with Crippen LogP contribution in [0.3, 0.4) is 0 Å². The van der Waals surface area contributed by atoms with E-state index in [0.29, 0.717) is 17.9 Å². The molecule has 0 unspecified atom stereocenters. The predicted octanol–water partition coefficient (Wildman–Crippen LogP) is 1.75. The molecule has 4 nitrogen and oxygen atoms in total. The zero-order valence-corrected chi connectivity index (χ0v) is 10.8. The molecular formula is C14H19NO3. The van der Waals surface area contributed by atoms with Crippen LogP contribution in [0.2, 0.25) is 0 Å². The zero-order valence-electron chi connectivity index (χ0n) is 10.8. The minimum atomic E-state index is -0.938. The van der Waals surface area contributed by atoms with Crippen LogP contribution >= 0.6 is 0 Å². The number of aliphatic hydroxyl groups is 1. The van der Waals surface area contributed by atoms with Crippen molar-refractivity contribution in [1.29, 1.82) is 0 Å². The van der Waals surface area contributed by atoms with Gasteiger partial charge in [-0.3, -0.25) is 4.79 Å². The van der Waals surface area contributed by atoms with Gasteiger partial charge in [0, 0.05) is 6.54 Å². The van der Waals surface area contributed by atoms with E-state index in [4.69, 9.17) is 4.74 Å². The smallest absolute Gasteiger partial charge is 0.255 e. The molecule has 4 heteroatoms. The monoisotopic (exact) mass is 249 g/mol. The number of nitrogens with one attached hydrogen (secondary N) is 1. The Morgan fingerprint density at radius 3 is 2.78 bits per heavy atom.